The van der Waals surface area contributed by atoms with Crippen LogP contribution in [-0.4, -0.2) is 24.5 Å². The lowest BCUT2D eigenvalue weighted by Gasteiger charge is -2.17. The summed E-state index contributed by atoms with van der Waals surface area (Å²) in [5.74, 6) is 0.887. The van der Waals surface area contributed by atoms with Crippen LogP contribution in [0.5, 0.6) is 0 Å². The van der Waals surface area contributed by atoms with Gasteiger partial charge in [0.25, 0.3) is 0 Å². The summed E-state index contributed by atoms with van der Waals surface area (Å²) in [4.78, 5) is 15.9. The highest BCUT2D eigenvalue weighted by atomic mass is 15.1. The van der Waals surface area contributed by atoms with Crippen molar-refractivity contribution < 1.29 is 0 Å². The molecule has 3 aromatic rings. The van der Waals surface area contributed by atoms with E-state index in [0.717, 1.165) is 22.6 Å². The fraction of sp³-hybridized carbons (Fsp3) is 0.357. The zero-order chi connectivity index (χ0) is 14.1. The van der Waals surface area contributed by atoms with Crippen molar-refractivity contribution in [1.29, 1.82) is 0 Å². The number of aromatic amines is 1. The van der Waals surface area contributed by atoms with Crippen molar-refractivity contribution in [3.8, 4) is 0 Å². The van der Waals surface area contributed by atoms with Gasteiger partial charge in [0.2, 0.25) is 0 Å². The standard InChI is InChI=1S/C14H18N6/c1-9(2)20-13-3-4-16-7-12(13)19-14(20)11(15)5-10-6-17-8-18-10/h3-4,6-9,11H,5,15H2,1-2H3,(H,17,18). The molecule has 0 fully saturated rings. The quantitative estimate of drug-likeness (QED) is 0.759. The van der Waals surface area contributed by atoms with Crippen LogP contribution < -0.4 is 5.73 Å². The van der Waals surface area contributed by atoms with Gasteiger partial charge in [-0.25, -0.2) is 9.97 Å². The maximum Gasteiger partial charge on any atom is 0.127 e. The Balaban J connectivity index is 2.03. The first-order chi connectivity index (χ1) is 9.66. The van der Waals surface area contributed by atoms with E-state index >= 15 is 0 Å². The molecule has 3 aromatic heterocycles. The van der Waals surface area contributed by atoms with Crippen molar-refractivity contribution >= 4 is 11.0 Å². The summed E-state index contributed by atoms with van der Waals surface area (Å²) >= 11 is 0. The minimum absolute atomic E-state index is 0.176. The van der Waals surface area contributed by atoms with E-state index in [4.69, 9.17) is 5.73 Å². The van der Waals surface area contributed by atoms with Gasteiger partial charge in [-0.2, -0.15) is 0 Å². The SMILES string of the molecule is CC(C)n1c(C(N)Cc2cnc[nH]2)nc2cnccc21. The van der Waals surface area contributed by atoms with Gasteiger partial charge in [-0.05, 0) is 19.9 Å². The number of pyridine rings is 1. The van der Waals surface area contributed by atoms with Crippen LogP contribution in [0.15, 0.2) is 31.0 Å². The molecule has 20 heavy (non-hydrogen) atoms. The maximum absolute atomic E-state index is 6.34. The Morgan fingerprint density at radius 1 is 1.30 bits per heavy atom. The van der Waals surface area contributed by atoms with Gasteiger partial charge >= 0.3 is 0 Å². The van der Waals surface area contributed by atoms with Crippen LogP contribution >= 0.6 is 0 Å². The number of fused-ring (bicyclic) bond motifs is 1. The Bertz CT molecular complexity index is 698. The van der Waals surface area contributed by atoms with Gasteiger partial charge in [0.15, 0.2) is 0 Å². The number of nitrogens with one attached hydrogen (secondary N) is 1. The molecular formula is C14H18N6. The lowest BCUT2D eigenvalue weighted by molar-refractivity contribution is 0.538. The predicted molar refractivity (Wildman–Crippen MR) is 77.1 cm³/mol. The van der Waals surface area contributed by atoms with E-state index in [1.54, 1.807) is 24.9 Å². The Hall–Kier alpha value is -2.21. The summed E-state index contributed by atoms with van der Waals surface area (Å²) in [5, 5.41) is 0. The summed E-state index contributed by atoms with van der Waals surface area (Å²) in [6.45, 7) is 4.27. The van der Waals surface area contributed by atoms with Crippen molar-refractivity contribution in [3.63, 3.8) is 0 Å². The van der Waals surface area contributed by atoms with Crippen molar-refractivity contribution in [3.05, 3.63) is 42.5 Å². The summed E-state index contributed by atoms with van der Waals surface area (Å²) in [6, 6.07) is 2.10. The van der Waals surface area contributed by atoms with E-state index in [2.05, 4.69) is 38.4 Å². The topological polar surface area (TPSA) is 85.4 Å². The first-order valence-corrected chi connectivity index (χ1v) is 6.71. The molecule has 0 aliphatic heterocycles. The number of nitrogens with two attached hydrogens (primary N) is 1. The second kappa shape index (κ2) is 5.05. The van der Waals surface area contributed by atoms with Crippen LogP contribution in [0, 0.1) is 0 Å². The second-order valence-corrected chi connectivity index (χ2v) is 5.19. The molecule has 3 heterocycles. The predicted octanol–water partition coefficient (Wildman–Crippen LogP) is 1.98. The number of imidazole rings is 2. The molecule has 0 saturated carbocycles. The van der Waals surface area contributed by atoms with Crippen LogP contribution in [0.3, 0.4) is 0 Å². The first kappa shape index (κ1) is 12.8. The molecule has 6 heteroatoms. The minimum atomic E-state index is -0.176. The smallest absolute Gasteiger partial charge is 0.127 e. The molecule has 3 N–H and O–H groups in total. The third-order valence-corrected chi connectivity index (χ3v) is 3.36. The van der Waals surface area contributed by atoms with Gasteiger partial charge in [-0.15, -0.1) is 0 Å². The van der Waals surface area contributed by atoms with E-state index in [9.17, 15) is 0 Å². The molecule has 0 aliphatic carbocycles. The van der Waals surface area contributed by atoms with Gasteiger partial charge in [0.1, 0.15) is 11.3 Å². The van der Waals surface area contributed by atoms with Crippen LogP contribution in [0.25, 0.3) is 11.0 Å². The molecule has 1 unspecified atom stereocenters. The Morgan fingerprint density at radius 3 is 2.85 bits per heavy atom. The molecule has 3 rings (SSSR count). The van der Waals surface area contributed by atoms with Crippen molar-refractivity contribution in [2.45, 2.75) is 32.4 Å². The van der Waals surface area contributed by atoms with Gasteiger partial charge in [-0.3, -0.25) is 4.98 Å². The van der Waals surface area contributed by atoms with Gasteiger partial charge in [0, 0.05) is 30.6 Å². The van der Waals surface area contributed by atoms with Gasteiger partial charge in [-0.1, -0.05) is 0 Å². The third kappa shape index (κ3) is 2.18. The summed E-state index contributed by atoms with van der Waals surface area (Å²) in [5.41, 5.74) is 9.31. The van der Waals surface area contributed by atoms with Crippen molar-refractivity contribution in [2.75, 3.05) is 0 Å². The lowest BCUT2D eigenvalue weighted by Crippen LogP contribution is -2.20. The molecule has 6 nitrogen and oxygen atoms in total. The summed E-state index contributed by atoms with van der Waals surface area (Å²) in [6.07, 6.45) is 7.71. The van der Waals surface area contributed by atoms with Crippen LogP contribution in [0.4, 0.5) is 0 Å². The monoisotopic (exact) mass is 270 g/mol. The highest BCUT2D eigenvalue weighted by Crippen LogP contribution is 2.24. The summed E-state index contributed by atoms with van der Waals surface area (Å²) < 4.78 is 2.18. The molecule has 104 valence electrons. The largest absolute Gasteiger partial charge is 0.348 e. The molecule has 0 bridgehead atoms. The fourth-order valence-corrected chi connectivity index (χ4v) is 2.50. The van der Waals surface area contributed by atoms with Crippen LogP contribution in [-0.2, 0) is 6.42 Å². The molecule has 0 amide bonds. The van der Waals surface area contributed by atoms with Gasteiger partial charge in [0.05, 0.1) is 24.1 Å². The molecule has 0 aliphatic rings. The number of H-pyrrole nitrogens is 1. The zero-order valence-electron chi connectivity index (χ0n) is 11.6. The molecule has 0 aromatic carbocycles. The molecule has 1 atom stereocenters. The molecule has 0 radical (unpaired) electrons. The zero-order valence-corrected chi connectivity index (χ0v) is 11.6. The normalized spacial score (nSPS) is 13.2. The van der Waals surface area contributed by atoms with E-state index in [1.807, 2.05) is 6.07 Å². The molecular weight excluding hydrogens is 252 g/mol. The van der Waals surface area contributed by atoms with E-state index in [-0.39, 0.29) is 6.04 Å². The Labute approximate surface area is 117 Å². The maximum atomic E-state index is 6.34. The number of aromatic nitrogens is 5. The Kier molecular flexibility index (Phi) is 3.23. The van der Waals surface area contributed by atoms with Gasteiger partial charge < -0.3 is 15.3 Å². The first-order valence-electron chi connectivity index (χ1n) is 6.71. The van der Waals surface area contributed by atoms with Crippen LogP contribution in [0.1, 0.15) is 37.4 Å². The number of nitrogens with zero attached hydrogens (tertiary/aromatic N) is 4. The highest BCUT2D eigenvalue weighted by molar-refractivity contribution is 5.75. The number of hydrogen-bond acceptors (Lipinski definition) is 4. The highest BCUT2D eigenvalue weighted by Gasteiger charge is 2.19. The fourth-order valence-electron chi connectivity index (χ4n) is 2.50. The van der Waals surface area contributed by atoms with E-state index < -0.39 is 0 Å². The Morgan fingerprint density at radius 2 is 2.15 bits per heavy atom. The van der Waals surface area contributed by atoms with Crippen molar-refractivity contribution in [1.82, 2.24) is 24.5 Å². The molecule has 0 spiro atoms. The van der Waals surface area contributed by atoms with Crippen molar-refractivity contribution in [2.24, 2.45) is 5.73 Å². The average Bonchev–Trinajstić information content (AvgIpc) is 3.04. The van der Waals surface area contributed by atoms with E-state index in [0.29, 0.717) is 12.5 Å². The summed E-state index contributed by atoms with van der Waals surface area (Å²) in [7, 11) is 0. The number of rotatable bonds is 4. The molecule has 0 saturated heterocycles. The lowest BCUT2D eigenvalue weighted by atomic mass is 10.1. The second-order valence-electron chi connectivity index (χ2n) is 5.19. The third-order valence-electron chi connectivity index (χ3n) is 3.36. The van der Waals surface area contributed by atoms with E-state index in [1.165, 1.54) is 0 Å². The average molecular weight is 270 g/mol. The minimum Gasteiger partial charge on any atom is -0.348 e. The van der Waals surface area contributed by atoms with Crippen LogP contribution in [0.2, 0.25) is 0 Å². The number of hydrogen-bond donors (Lipinski definition) is 2.